The molecular weight excluding hydrogens is 413 g/mol. The summed E-state index contributed by atoms with van der Waals surface area (Å²) in [6.45, 7) is 0. The molecular formula is C19H14FN5O2S2. The van der Waals surface area contributed by atoms with Crippen molar-refractivity contribution in [3.05, 3.63) is 71.6 Å². The minimum Gasteiger partial charge on any atom is -0.339 e. The first-order valence-corrected chi connectivity index (χ1v) is 10.4. The lowest BCUT2D eigenvalue weighted by Crippen LogP contribution is -2.13. The van der Waals surface area contributed by atoms with E-state index in [4.69, 9.17) is 4.52 Å². The summed E-state index contributed by atoms with van der Waals surface area (Å²) in [5, 5.41) is 8.58. The molecule has 3 heterocycles. The first-order valence-electron chi connectivity index (χ1n) is 8.51. The minimum absolute atomic E-state index is 0.184. The molecule has 10 heteroatoms. The van der Waals surface area contributed by atoms with Crippen LogP contribution in [0.1, 0.15) is 11.6 Å². The van der Waals surface area contributed by atoms with Crippen LogP contribution in [0.15, 0.2) is 63.0 Å². The summed E-state index contributed by atoms with van der Waals surface area (Å²) in [6, 6.07) is 9.30. The standard InChI is InChI=1S/C19H14FN5O2S2/c20-13-3-5-14(6-4-13)22-16(26)11-29-19-23-15(10-28-19)8-17-24-18(25-27-17)12-2-1-7-21-9-12/h1-7,9-10H,8,11H2,(H,22,26). The van der Waals surface area contributed by atoms with E-state index < -0.39 is 0 Å². The second-order valence-electron chi connectivity index (χ2n) is 5.88. The number of nitrogens with one attached hydrogen (secondary N) is 1. The number of nitrogens with zero attached hydrogens (tertiary/aromatic N) is 4. The molecule has 0 saturated carbocycles. The topological polar surface area (TPSA) is 93.8 Å². The molecule has 0 saturated heterocycles. The summed E-state index contributed by atoms with van der Waals surface area (Å²) >= 11 is 2.78. The summed E-state index contributed by atoms with van der Waals surface area (Å²) in [7, 11) is 0. The number of pyridine rings is 1. The number of benzene rings is 1. The number of carbonyl (C=O) groups excluding carboxylic acids is 1. The molecule has 0 unspecified atom stereocenters. The van der Waals surface area contributed by atoms with E-state index in [-0.39, 0.29) is 17.5 Å². The van der Waals surface area contributed by atoms with E-state index in [1.807, 2.05) is 17.5 Å². The molecule has 4 aromatic rings. The molecule has 29 heavy (non-hydrogen) atoms. The first kappa shape index (κ1) is 19.2. The normalized spacial score (nSPS) is 10.8. The highest BCUT2D eigenvalue weighted by molar-refractivity contribution is 8.01. The van der Waals surface area contributed by atoms with Crippen LogP contribution < -0.4 is 5.32 Å². The Balaban J connectivity index is 1.30. The van der Waals surface area contributed by atoms with Crippen molar-refractivity contribution in [1.29, 1.82) is 0 Å². The van der Waals surface area contributed by atoms with Gasteiger partial charge in [0.05, 0.1) is 17.9 Å². The maximum Gasteiger partial charge on any atom is 0.234 e. The molecule has 146 valence electrons. The molecule has 4 rings (SSSR count). The van der Waals surface area contributed by atoms with Gasteiger partial charge in [-0.15, -0.1) is 11.3 Å². The number of aromatic nitrogens is 4. The number of anilines is 1. The number of rotatable bonds is 7. The predicted octanol–water partition coefficient (Wildman–Crippen LogP) is 4.05. The van der Waals surface area contributed by atoms with Crippen LogP contribution in [-0.2, 0) is 11.2 Å². The van der Waals surface area contributed by atoms with Crippen LogP contribution >= 0.6 is 23.1 Å². The molecule has 1 aromatic carbocycles. The van der Waals surface area contributed by atoms with Crippen molar-refractivity contribution in [3.8, 4) is 11.4 Å². The number of thioether (sulfide) groups is 1. The second kappa shape index (κ2) is 8.93. The monoisotopic (exact) mass is 427 g/mol. The SMILES string of the molecule is O=C(CSc1nc(Cc2nc(-c3cccnc3)no2)cs1)Nc1ccc(F)cc1. The highest BCUT2D eigenvalue weighted by Crippen LogP contribution is 2.24. The Bertz CT molecular complexity index is 1100. The number of thiazole rings is 1. The lowest BCUT2D eigenvalue weighted by molar-refractivity contribution is -0.113. The van der Waals surface area contributed by atoms with E-state index >= 15 is 0 Å². The van der Waals surface area contributed by atoms with E-state index in [1.165, 1.54) is 47.4 Å². The van der Waals surface area contributed by atoms with Crippen molar-refractivity contribution >= 4 is 34.7 Å². The summed E-state index contributed by atoms with van der Waals surface area (Å²) in [5.74, 6) is 0.615. The van der Waals surface area contributed by atoms with Crippen molar-refractivity contribution in [1.82, 2.24) is 20.1 Å². The van der Waals surface area contributed by atoms with Crippen LogP contribution in [0.2, 0.25) is 0 Å². The van der Waals surface area contributed by atoms with E-state index in [1.54, 1.807) is 12.4 Å². The van der Waals surface area contributed by atoms with Gasteiger partial charge in [0.2, 0.25) is 17.6 Å². The van der Waals surface area contributed by atoms with Crippen LogP contribution in [0.25, 0.3) is 11.4 Å². The summed E-state index contributed by atoms with van der Waals surface area (Å²) in [5.41, 5.74) is 2.12. The average molecular weight is 427 g/mol. The van der Waals surface area contributed by atoms with Crippen LogP contribution in [0.5, 0.6) is 0 Å². The lowest BCUT2D eigenvalue weighted by atomic mass is 10.3. The van der Waals surface area contributed by atoms with Gasteiger partial charge in [-0.05, 0) is 36.4 Å². The van der Waals surface area contributed by atoms with E-state index in [0.29, 0.717) is 23.8 Å². The Morgan fingerprint density at radius 2 is 2.07 bits per heavy atom. The van der Waals surface area contributed by atoms with Gasteiger partial charge in [0.1, 0.15) is 5.82 Å². The smallest absolute Gasteiger partial charge is 0.234 e. The van der Waals surface area contributed by atoms with Crippen LogP contribution in [0.4, 0.5) is 10.1 Å². The van der Waals surface area contributed by atoms with Gasteiger partial charge in [0.15, 0.2) is 4.34 Å². The summed E-state index contributed by atoms with van der Waals surface area (Å²) in [4.78, 5) is 24.9. The molecule has 3 aromatic heterocycles. The Hall–Kier alpha value is -3.11. The Kier molecular flexibility index (Phi) is 5.92. The fraction of sp³-hybridized carbons (Fsp3) is 0.105. The molecule has 0 spiro atoms. The number of hydrogen-bond donors (Lipinski definition) is 1. The van der Waals surface area contributed by atoms with Crippen molar-refractivity contribution in [2.24, 2.45) is 0 Å². The number of carbonyl (C=O) groups is 1. The maximum absolute atomic E-state index is 12.9. The molecule has 1 amide bonds. The highest BCUT2D eigenvalue weighted by atomic mass is 32.2. The fourth-order valence-corrected chi connectivity index (χ4v) is 4.03. The Morgan fingerprint density at radius 3 is 2.86 bits per heavy atom. The van der Waals surface area contributed by atoms with Crippen LogP contribution in [0, 0.1) is 5.82 Å². The zero-order chi connectivity index (χ0) is 20.1. The van der Waals surface area contributed by atoms with Gasteiger partial charge in [0.25, 0.3) is 0 Å². The largest absolute Gasteiger partial charge is 0.339 e. The van der Waals surface area contributed by atoms with Gasteiger partial charge < -0.3 is 9.84 Å². The molecule has 0 aliphatic carbocycles. The molecule has 0 bridgehead atoms. The molecule has 7 nitrogen and oxygen atoms in total. The third-order valence-corrected chi connectivity index (χ3v) is 5.78. The fourth-order valence-electron chi connectivity index (χ4n) is 2.39. The molecule has 0 aliphatic rings. The lowest BCUT2D eigenvalue weighted by Gasteiger charge is -2.03. The van der Waals surface area contributed by atoms with Gasteiger partial charge in [-0.25, -0.2) is 9.37 Å². The van der Waals surface area contributed by atoms with E-state index in [9.17, 15) is 9.18 Å². The minimum atomic E-state index is -0.346. The molecule has 0 aliphatic heterocycles. The van der Waals surface area contributed by atoms with Crippen molar-refractivity contribution in [2.45, 2.75) is 10.8 Å². The summed E-state index contributed by atoms with van der Waals surface area (Å²) < 4.78 is 18.9. The third kappa shape index (κ3) is 5.24. The molecule has 1 N–H and O–H groups in total. The Morgan fingerprint density at radius 1 is 1.21 bits per heavy atom. The zero-order valence-electron chi connectivity index (χ0n) is 14.9. The molecule has 0 fully saturated rings. The quantitative estimate of drug-likeness (QED) is 0.445. The van der Waals surface area contributed by atoms with E-state index in [0.717, 1.165) is 15.6 Å². The van der Waals surface area contributed by atoms with Gasteiger partial charge in [-0.1, -0.05) is 16.9 Å². The van der Waals surface area contributed by atoms with Gasteiger partial charge in [0, 0.05) is 29.0 Å². The van der Waals surface area contributed by atoms with Crippen molar-refractivity contribution in [2.75, 3.05) is 11.1 Å². The predicted molar refractivity (Wildman–Crippen MR) is 108 cm³/mol. The number of hydrogen-bond acceptors (Lipinski definition) is 8. The Labute approximate surface area is 173 Å². The van der Waals surface area contributed by atoms with Crippen molar-refractivity contribution in [3.63, 3.8) is 0 Å². The maximum atomic E-state index is 12.9. The van der Waals surface area contributed by atoms with Crippen LogP contribution in [0.3, 0.4) is 0 Å². The van der Waals surface area contributed by atoms with Gasteiger partial charge >= 0.3 is 0 Å². The van der Waals surface area contributed by atoms with E-state index in [2.05, 4.69) is 25.4 Å². The zero-order valence-corrected chi connectivity index (χ0v) is 16.5. The second-order valence-corrected chi connectivity index (χ2v) is 7.96. The third-order valence-electron chi connectivity index (χ3n) is 3.71. The average Bonchev–Trinajstić information content (AvgIpc) is 3.39. The number of halogens is 1. The molecule has 0 atom stereocenters. The highest BCUT2D eigenvalue weighted by Gasteiger charge is 2.12. The summed E-state index contributed by atoms with van der Waals surface area (Å²) in [6.07, 6.45) is 3.76. The van der Waals surface area contributed by atoms with Gasteiger partial charge in [-0.3, -0.25) is 9.78 Å². The van der Waals surface area contributed by atoms with Gasteiger partial charge in [-0.2, -0.15) is 4.98 Å². The first-order chi connectivity index (χ1) is 14.2. The number of amides is 1. The van der Waals surface area contributed by atoms with Crippen molar-refractivity contribution < 1.29 is 13.7 Å². The van der Waals surface area contributed by atoms with Crippen LogP contribution in [-0.4, -0.2) is 31.8 Å². The molecule has 0 radical (unpaired) electrons.